The smallest absolute Gasteiger partial charge is 0.341 e. The zero-order valence-electron chi connectivity index (χ0n) is 10.7. The molecule has 1 heterocycles. The Morgan fingerprint density at radius 2 is 2.15 bits per heavy atom. The molecule has 0 aliphatic rings. The maximum absolute atomic E-state index is 11.1. The van der Waals surface area contributed by atoms with Crippen molar-refractivity contribution in [1.29, 1.82) is 0 Å². The zero-order valence-corrected chi connectivity index (χ0v) is 11.4. The fourth-order valence-corrected chi connectivity index (χ4v) is 1.78. The van der Waals surface area contributed by atoms with E-state index in [1.54, 1.807) is 25.3 Å². The van der Waals surface area contributed by atoms with Crippen LogP contribution in [0.3, 0.4) is 0 Å². The lowest BCUT2D eigenvalue weighted by Gasteiger charge is -2.09. The molecule has 0 amide bonds. The molecule has 1 aromatic carbocycles. The second-order valence-corrected chi connectivity index (χ2v) is 4.36. The first-order chi connectivity index (χ1) is 9.60. The molecule has 0 fully saturated rings. The van der Waals surface area contributed by atoms with Crippen LogP contribution in [0, 0.1) is 0 Å². The van der Waals surface area contributed by atoms with Gasteiger partial charge in [0.2, 0.25) is 5.88 Å². The minimum absolute atomic E-state index is 0.0421. The quantitative estimate of drug-likeness (QED) is 0.856. The molecule has 0 spiro atoms. The third-order valence-corrected chi connectivity index (χ3v) is 2.69. The van der Waals surface area contributed by atoms with Gasteiger partial charge in [0.25, 0.3) is 0 Å². The predicted molar refractivity (Wildman–Crippen MR) is 73.4 cm³/mol. The van der Waals surface area contributed by atoms with Crippen LogP contribution in [0.25, 0.3) is 0 Å². The van der Waals surface area contributed by atoms with Gasteiger partial charge in [-0.25, -0.2) is 9.78 Å². The van der Waals surface area contributed by atoms with Gasteiger partial charge in [-0.1, -0.05) is 23.7 Å². The summed E-state index contributed by atoms with van der Waals surface area (Å²) in [6.07, 6.45) is 0. The van der Waals surface area contributed by atoms with Crippen molar-refractivity contribution in [3.63, 3.8) is 0 Å². The summed E-state index contributed by atoms with van der Waals surface area (Å²) >= 11 is 5.76. The number of hydrogen-bond acceptors (Lipinski definition) is 4. The maximum Gasteiger partial charge on any atom is 0.341 e. The summed E-state index contributed by atoms with van der Waals surface area (Å²) in [5, 5.41) is 9.26. The second-order valence-electron chi connectivity index (χ2n) is 3.97. The standard InChI is InChI=1S/C14H12ClNO4/c1-19-8-9-3-2-4-10(7-9)20-13-11(14(17)18)5-6-12(15)16-13/h2-7H,8H2,1H3,(H,17,18). The normalized spacial score (nSPS) is 10.3. The van der Waals surface area contributed by atoms with Crippen molar-refractivity contribution in [2.45, 2.75) is 6.61 Å². The predicted octanol–water partition coefficient (Wildman–Crippen LogP) is 3.37. The topological polar surface area (TPSA) is 68.7 Å². The first kappa shape index (κ1) is 14.3. The van der Waals surface area contributed by atoms with Gasteiger partial charge in [0, 0.05) is 7.11 Å². The molecule has 0 aliphatic heterocycles. The lowest BCUT2D eigenvalue weighted by atomic mass is 10.2. The summed E-state index contributed by atoms with van der Waals surface area (Å²) in [4.78, 5) is 15.0. The number of pyridine rings is 1. The van der Waals surface area contributed by atoms with Gasteiger partial charge in [0.1, 0.15) is 16.5 Å². The molecule has 0 radical (unpaired) electrons. The highest BCUT2D eigenvalue weighted by atomic mass is 35.5. The second kappa shape index (κ2) is 6.36. The number of ether oxygens (including phenoxy) is 2. The van der Waals surface area contributed by atoms with Gasteiger partial charge in [-0.3, -0.25) is 0 Å². The van der Waals surface area contributed by atoms with Crippen molar-refractivity contribution in [1.82, 2.24) is 4.98 Å². The average Bonchev–Trinajstić information content (AvgIpc) is 2.39. The van der Waals surface area contributed by atoms with Crippen molar-refractivity contribution in [3.8, 4) is 11.6 Å². The van der Waals surface area contributed by atoms with Gasteiger partial charge in [0.05, 0.1) is 6.61 Å². The first-order valence-corrected chi connectivity index (χ1v) is 6.13. The molecule has 0 saturated heterocycles. The Morgan fingerprint density at radius 3 is 2.85 bits per heavy atom. The van der Waals surface area contributed by atoms with E-state index in [4.69, 9.17) is 26.2 Å². The van der Waals surface area contributed by atoms with Crippen LogP contribution in [-0.4, -0.2) is 23.2 Å². The molecule has 6 heteroatoms. The van der Waals surface area contributed by atoms with Crippen LogP contribution >= 0.6 is 11.6 Å². The van der Waals surface area contributed by atoms with Crippen LogP contribution in [0.2, 0.25) is 5.15 Å². The van der Waals surface area contributed by atoms with E-state index in [1.165, 1.54) is 12.1 Å². The van der Waals surface area contributed by atoms with Gasteiger partial charge in [-0.05, 0) is 29.8 Å². The lowest BCUT2D eigenvalue weighted by Crippen LogP contribution is -2.02. The van der Waals surface area contributed by atoms with Crippen molar-refractivity contribution in [3.05, 3.63) is 52.7 Å². The van der Waals surface area contributed by atoms with Gasteiger partial charge < -0.3 is 14.6 Å². The largest absolute Gasteiger partial charge is 0.477 e. The van der Waals surface area contributed by atoms with E-state index in [1.807, 2.05) is 6.07 Å². The third kappa shape index (κ3) is 3.46. The summed E-state index contributed by atoms with van der Waals surface area (Å²) in [7, 11) is 1.59. The summed E-state index contributed by atoms with van der Waals surface area (Å²) in [6, 6.07) is 9.87. The summed E-state index contributed by atoms with van der Waals surface area (Å²) in [5.41, 5.74) is 0.857. The van der Waals surface area contributed by atoms with Gasteiger partial charge in [-0.15, -0.1) is 0 Å². The summed E-state index contributed by atoms with van der Waals surface area (Å²) < 4.78 is 10.5. The Labute approximate surface area is 120 Å². The van der Waals surface area contributed by atoms with Crippen LogP contribution in [-0.2, 0) is 11.3 Å². The van der Waals surface area contributed by atoms with E-state index in [9.17, 15) is 4.79 Å². The molecular weight excluding hydrogens is 282 g/mol. The van der Waals surface area contributed by atoms with Crippen LogP contribution in [0.4, 0.5) is 0 Å². The summed E-state index contributed by atoms with van der Waals surface area (Å²) in [6.45, 7) is 0.436. The molecule has 0 saturated carbocycles. The van der Waals surface area contributed by atoms with Crippen LogP contribution in [0.5, 0.6) is 11.6 Å². The SMILES string of the molecule is COCc1cccc(Oc2nc(Cl)ccc2C(=O)O)c1. The number of carboxylic acids is 1. The van der Waals surface area contributed by atoms with Crippen LogP contribution in [0.15, 0.2) is 36.4 Å². The molecule has 2 aromatic rings. The fourth-order valence-electron chi connectivity index (χ4n) is 1.64. The Balaban J connectivity index is 2.31. The van der Waals surface area contributed by atoms with Crippen LogP contribution < -0.4 is 4.74 Å². The van der Waals surface area contributed by atoms with Crippen molar-refractivity contribution >= 4 is 17.6 Å². The van der Waals surface area contributed by atoms with E-state index in [0.717, 1.165) is 5.56 Å². The van der Waals surface area contributed by atoms with Crippen LogP contribution in [0.1, 0.15) is 15.9 Å². The third-order valence-electron chi connectivity index (χ3n) is 2.48. The van der Waals surface area contributed by atoms with Gasteiger partial charge in [-0.2, -0.15) is 0 Å². The van der Waals surface area contributed by atoms with E-state index < -0.39 is 5.97 Å². The average molecular weight is 294 g/mol. The van der Waals surface area contributed by atoms with Crippen molar-refractivity contribution < 1.29 is 19.4 Å². The Morgan fingerprint density at radius 1 is 1.35 bits per heavy atom. The number of benzene rings is 1. The minimum atomic E-state index is -1.13. The first-order valence-electron chi connectivity index (χ1n) is 5.75. The number of rotatable bonds is 5. The van der Waals surface area contributed by atoms with E-state index >= 15 is 0 Å². The van der Waals surface area contributed by atoms with E-state index in [2.05, 4.69) is 4.98 Å². The van der Waals surface area contributed by atoms with Gasteiger partial charge in [0.15, 0.2) is 0 Å². The number of carbonyl (C=O) groups is 1. The Kier molecular flexibility index (Phi) is 4.55. The number of methoxy groups -OCH3 is 1. The molecule has 1 aromatic heterocycles. The monoisotopic (exact) mass is 293 g/mol. The Bertz CT molecular complexity index is 630. The van der Waals surface area contributed by atoms with E-state index in [0.29, 0.717) is 12.4 Å². The maximum atomic E-state index is 11.1. The number of carboxylic acid groups (broad SMARTS) is 1. The highest BCUT2D eigenvalue weighted by molar-refractivity contribution is 6.29. The molecule has 5 nitrogen and oxygen atoms in total. The fraction of sp³-hybridized carbons (Fsp3) is 0.143. The summed E-state index contributed by atoms with van der Waals surface area (Å²) in [5.74, 6) is -0.700. The Hall–Kier alpha value is -2.11. The highest BCUT2D eigenvalue weighted by Crippen LogP contribution is 2.26. The molecule has 1 N–H and O–H groups in total. The molecule has 2 rings (SSSR count). The number of aromatic carboxylic acids is 1. The number of aromatic nitrogens is 1. The molecule has 0 atom stereocenters. The zero-order chi connectivity index (χ0) is 14.5. The van der Waals surface area contributed by atoms with Crippen molar-refractivity contribution in [2.24, 2.45) is 0 Å². The molecule has 0 unspecified atom stereocenters. The lowest BCUT2D eigenvalue weighted by molar-refractivity contribution is 0.0693. The number of halogens is 1. The molecule has 0 aliphatic carbocycles. The molecule has 0 bridgehead atoms. The highest BCUT2D eigenvalue weighted by Gasteiger charge is 2.14. The van der Waals surface area contributed by atoms with Gasteiger partial charge >= 0.3 is 5.97 Å². The minimum Gasteiger partial charge on any atom is -0.477 e. The number of hydrogen-bond donors (Lipinski definition) is 1. The molecule has 104 valence electrons. The molecule has 20 heavy (non-hydrogen) atoms. The van der Waals surface area contributed by atoms with E-state index in [-0.39, 0.29) is 16.6 Å². The van der Waals surface area contributed by atoms with Crippen molar-refractivity contribution in [2.75, 3.05) is 7.11 Å². The number of nitrogens with zero attached hydrogens (tertiary/aromatic N) is 1. The molecular formula is C14H12ClNO4.